The zero-order chi connectivity index (χ0) is 12.3. The van der Waals surface area contributed by atoms with Crippen molar-refractivity contribution in [2.24, 2.45) is 0 Å². The second kappa shape index (κ2) is 5.23. The SMILES string of the molecule is CO[C@@H]1CCC[C@@H]1OC(=O)c1ccncc1F. The predicted molar refractivity (Wildman–Crippen MR) is 58.0 cm³/mol. The fourth-order valence-electron chi connectivity index (χ4n) is 2.04. The Labute approximate surface area is 98.8 Å². The van der Waals surface area contributed by atoms with Gasteiger partial charge in [-0.1, -0.05) is 0 Å². The van der Waals surface area contributed by atoms with E-state index in [1.54, 1.807) is 7.11 Å². The van der Waals surface area contributed by atoms with Crippen LogP contribution < -0.4 is 0 Å². The van der Waals surface area contributed by atoms with Crippen LogP contribution in [0.15, 0.2) is 18.5 Å². The van der Waals surface area contributed by atoms with E-state index in [1.807, 2.05) is 0 Å². The van der Waals surface area contributed by atoms with Crippen LogP contribution in [0.1, 0.15) is 29.6 Å². The number of esters is 1. The summed E-state index contributed by atoms with van der Waals surface area (Å²) in [6.07, 6.45) is 4.59. The van der Waals surface area contributed by atoms with E-state index < -0.39 is 11.8 Å². The molecule has 0 bridgehead atoms. The molecule has 1 aliphatic carbocycles. The molecule has 2 rings (SSSR count). The summed E-state index contributed by atoms with van der Waals surface area (Å²) in [6.45, 7) is 0. The van der Waals surface area contributed by atoms with Crippen LogP contribution in [-0.4, -0.2) is 30.3 Å². The highest BCUT2D eigenvalue weighted by Crippen LogP contribution is 2.25. The molecule has 0 N–H and O–H groups in total. The molecule has 17 heavy (non-hydrogen) atoms. The number of nitrogens with zero attached hydrogens (tertiary/aromatic N) is 1. The van der Waals surface area contributed by atoms with E-state index in [2.05, 4.69) is 4.98 Å². The molecule has 0 spiro atoms. The fourth-order valence-corrected chi connectivity index (χ4v) is 2.04. The third kappa shape index (κ3) is 2.61. The highest BCUT2D eigenvalue weighted by Gasteiger charge is 2.31. The fraction of sp³-hybridized carbons (Fsp3) is 0.500. The van der Waals surface area contributed by atoms with Crippen LogP contribution in [0.4, 0.5) is 4.39 Å². The number of hydrogen-bond donors (Lipinski definition) is 0. The average molecular weight is 239 g/mol. The summed E-state index contributed by atoms with van der Waals surface area (Å²) in [5, 5.41) is 0. The highest BCUT2D eigenvalue weighted by atomic mass is 19.1. The van der Waals surface area contributed by atoms with Crippen molar-refractivity contribution < 1.29 is 18.7 Å². The molecular formula is C12H14FNO3. The molecule has 0 saturated heterocycles. The molecule has 4 nitrogen and oxygen atoms in total. The molecule has 0 aromatic carbocycles. The zero-order valence-electron chi connectivity index (χ0n) is 9.56. The minimum absolute atomic E-state index is 0.0798. The van der Waals surface area contributed by atoms with Crippen LogP contribution in [0.25, 0.3) is 0 Å². The monoisotopic (exact) mass is 239 g/mol. The van der Waals surface area contributed by atoms with E-state index in [0.29, 0.717) is 0 Å². The first kappa shape index (κ1) is 12.0. The van der Waals surface area contributed by atoms with Crippen molar-refractivity contribution in [2.45, 2.75) is 31.5 Å². The molecule has 1 aromatic rings. The maximum atomic E-state index is 13.3. The molecule has 5 heteroatoms. The Morgan fingerprint density at radius 1 is 1.47 bits per heavy atom. The van der Waals surface area contributed by atoms with Crippen LogP contribution in [0.5, 0.6) is 0 Å². The molecular weight excluding hydrogens is 225 g/mol. The van der Waals surface area contributed by atoms with E-state index in [0.717, 1.165) is 25.5 Å². The van der Waals surface area contributed by atoms with Crippen molar-refractivity contribution in [3.05, 3.63) is 29.8 Å². The minimum Gasteiger partial charge on any atom is -0.456 e. The van der Waals surface area contributed by atoms with E-state index in [9.17, 15) is 9.18 Å². The van der Waals surface area contributed by atoms with Gasteiger partial charge in [0.15, 0.2) is 5.82 Å². The Balaban J connectivity index is 2.04. The predicted octanol–water partition coefficient (Wildman–Crippen LogP) is 1.95. The molecule has 1 heterocycles. The van der Waals surface area contributed by atoms with Gasteiger partial charge in [-0.3, -0.25) is 4.98 Å². The van der Waals surface area contributed by atoms with Gasteiger partial charge in [0.1, 0.15) is 6.10 Å². The van der Waals surface area contributed by atoms with Crippen LogP contribution in [-0.2, 0) is 9.47 Å². The first-order valence-corrected chi connectivity index (χ1v) is 5.55. The molecule has 0 amide bonds. The van der Waals surface area contributed by atoms with Crippen molar-refractivity contribution in [3.63, 3.8) is 0 Å². The zero-order valence-corrected chi connectivity index (χ0v) is 9.56. The summed E-state index contributed by atoms with van der Waals surface area (Å²) in [6, 6.07) is 1.31. The number of methoxy groups -OCH3 is 1. The van der Waals surface area contributed by atoms with Crippen molar-refractivity contribution in [1.29, 1.82) is 0 Å². The van der Waals surface area contributed by atoms with Crippen LogP contribution in [0.3, 0.4) is 0 Å². The number of carbonyl (C=O) groups is 1. The molecule has 1 fully saturated rings. The lowest BCUT2D eigenvalue weighted by molar-refractivity contribution is -0.0209. The summed E-state index contributed by atoms with van der Waals surface area (Å²) in [7, 11) is 1.59. The van der Waals surface area contributed by atoms with Gasteiger partial charge < -0.3 is 9.47 Å². The van der Waals surface area contributed by atoms with E-state index in [-0.39, 0.29) is 17.8 Å². The average Bonchev–Trinajstić information content (AvgIpc) is 2.76. The third-order valence-corrected chi connectivity index (χ3v) is 2.95. The first-order valence-electron chi connectivity index (χ1n) is 5.55. The third-order valence-electron chi connectivity index (χ3n) is 2.95. The van der Waals surface area contributed by atoms with Gasteiger partial charge in [-0.15, -0.1) is 0 Å². The number of rotatable bonds is 3. The summed E-state index contributed by atoms with van der Waals surface area (Å²) in [4.78, 5) is 15.3. The van der Waals surface area contributed by atoms with Crippen molar-refractivity contribution in [1.82, 2.24) is 4.98 Å². The lowest BCUT2D eigenvalue weighted by Crippen LogP contribution is -2.28. The number of pyridine rings is 1. The molecule has 2 atom stereocenters. The number of hydrogen-bond acceptors (Lipinski definition) is 4. The van der Waals surface area contributed by atoms with E-state index in [1.165, 1.54) is 12.3 Å². The number of ether oxygens (including phenoxy) is 2. The smallest absolute Gasteiger partial charge is 0.341 e. The molecule has 0 aliphatic heterocycles. The van der Waals surface area contributed by atoms with Gasteiger partial charge in [0.25, 0.3) is 0 Å². The summed E-state index contributed by atoms with van der Waals surface area (Å²) >= 11 is 0. The quantitative estimate of drug-likeness (QED) is 0.756. The number of carbonyl (C=O) groups excluding carboxylic acids is 1. The first-order chi connectivity index (χ1) is 8.22. The van der Waals surface area contributed by atoms with Gasteiger partial charge in [-0.2, -0.15) is 0 Å². The molecule has 1 aliphatic rings. The van der Waals surface area contributed by atoms with Gasteiger partial charge in [-0.25, -0.2) is 9.18 Å². The Kier molecular flexibility index (Phi) is 3.68. The molecule has 0 radical (unpaired) electrons. The lowest BCUT2D eigenvalue weighted by Gasteiger charge is -2.18. The maximum Gasteiger partial charge on any atom is 0.341 e. The Morgan fingerprint density at radius 2 is 2.24 bits per heavy atom. The Morgan fingerprint density at radius 3 is 2.94 bits per heavy atom. The Hall–Kier alpha value is -1.49. The molecule has 1 saturated carbocycles. The van der Waals surface area contributed by atoms with Gasteiger partial charge >= 0.3 is 5.97 Å². The van der Waals surface area contributed by atoms with Crippen molar-refractivity contribution in [3.8, 4) is 0 Å². The second-order valence-electron chi connectivity index (χ2n) is 4.00. The molecule has 1 aromatic heterocycles. The lowest BCUT2D eigenvalue weighted by atomic mass is 10.2. The summed E-state index contributed by atoms with van der Waals surface area (Å²) < 4.78 is 23.8. The number of aromatic nitrogens is 1. The summed E-state index contributed by atoms with van der Waals surface area (Å²) in [5.41, 5.74) is -0.0817. The van der Waals surface area contributed by atoms with Crippen LogP contribution in [0.2, 0.25) is 0 Å². The van der Waals surface area contributed by atoms with Gasteiger partial charge in [0, 0.05) is 13.3 Å². The van der Waals surface area contributed by atoms with Crippen LogP contribution in [0, 0.1) is 5.82 Å². The molecule has 0 unspecified atom stereocenters. The largest absolute Gasteiger partial charge is 0.456 e. The van der Waals surface area contributed by atoms with Crippen LogP contribution >= 0.6 is 0 Å². The minimum atomic E-state index is -0.663. The van der Waals surface area contributed by atoms with E-state index in [4.69, 9.17) is 9.47 Å². The van der Waals surface area contributed by atoms with Crippen molar-refractivity contribution in [2.75, 3.05) is 7.11 Å². The summed E-state index contributed by atoms with van der Waals surface area (Å²) in [5.74, 6) is -1.32. The van der Waals surface area contributed by atoms with Gasteiger partial charge in [0.05, 0.1) is 17.9 Å². The van der Waals surface area contributed by atoms with Gasteiger partial charge in [0.2, 0.25) is 0 Å². The topological polar surface area (TPSA) is 48.4 Å². The van der Waals surface area contributed by atoms with Crippen molar-refractivity contribution >= 4 is 5.97 Å². The Bertz CT molecular complexity index is 410. The maximum absolute atomic E-state index is 13.3. The number of halogens is 1. The second-order valence-corrected chi connectivity index (χ2v) is 4.00. The van der Waals surface area contributed by atoms with E-state index >= 15 is 0 Å². The van der Waals surface area contributed by atoms with Gasteiger partial charge in [-0.05, 0) is 25.3 Å². The standard InChI is InChI=1S/C12H14FNO3/c1-16-10-3-2-4-11(10)17-12(15)8-5-6-14-7-9(8)13/h5-7,10-11H,2-4H2,1H3/t10-,11+/m1/s1. The highest BCUT2D eigenvalue weighted by molar-refractivity contribution is 5.89. The normalized spacial score (nSPS) is 23.6. The molecule has 92 valence electrons.